The summed E-state index contributed by atoms with van der Waals surface area (Å²) in [5.41, 5.74) is 0. The topological polar surface area (TPSA) is 38.8 Å². The highest BCUT2D eigenvalue weighted by Gasteiger charge is 2.23. The highest BCUT2D eigenvalue weighted by molar-refractivity contribution is 5.69. The number of hydrogen-bond acceptors (Lipinski definition) is 3. The Hall–Kier alpha value is -0.830. The fourth-order valence-corrected chi connectivity index (χ4v) is 2.21. The predicted molar refractivity (Wildman–Crippen MR) is 90.9 cm³/mol. The van der Waals surface area contributed by atoms with Crippen LogP contribution in [-0.2, 0) is 14.3 Å². The van der Waals surface area contributed by atoms with Gasteiger partial charge in [-0.3, -0.25) is 4.79 Å². The lowest BCUT2D eigenvalue weighted by atomic mass is 10.1. The zero-order valence-electron chi connectivity index (χ0n) is 18.9. The number of unbranched alkanes of at least 4 members (excludes halogenated alkanes) is 9. The second-order valence-corrected chi connectivity index (χ2v) is 5.74. The van der Waals surface area contributed by atoms with Gasteiger partial charge < -0.3 is 9.47 Å². The van der Waals surface area contributed by atoms with Crippen molar-refractivity contribution in [1.82, 2.24) is 0 Å². The van der Waals surface area contributed by atoms with E-state index >= 15 is 0 Å². The minimum absolute atomic E-state index is 0.0657. The van der Waals surface area contributed by atoms with E-state index in [-0.39, 0.29) is 6.42 Å². The van der Waals surface area contributed by atoms with E-state index in [9.17, 15) is 4.79 Å². The molecule has 0 aromatic heterocycles. The van der Waals surface area contributed by atoms with Crippen molar-refractivity contribution in [1.29, 1.82) is 0 Å². The van der Waals surface area contributed by atoms with Crippen molar-refractivity contribution in [2.24, 2.45) is 0 Å². The largest absolute Gasteiger partial charge is 0.463 e. The molecule has 0 radical (unpaired) electrons. The molecule has 22 heavy (non-hydrogen) atoms. The molecule has 1 fully saturated rings. The molecule has 1 aliphatic heterocycles. The van der Waals surface area contributed by atoms with E-state index in [1.165, 1.54) is 32.1 Å². The predicted octanol–water partition coefficient (Wildman–Crippen LogP) is 5.19. The van der Waals surface area contributed by atoms with Crippen molar-refractivity contribution in [2.45, 2.75) is 90.1 Å². The van der Waals surface area contributed by atoms with Crippen LogP contribution in [0.25, 0.3) is 0 Å². The minimum Gasteiger partial charge on any atom is -0.463 e. The highest BCUT2D eigenvalue weighted by atomic mass is 16.6. The van der Waals surface area contributed by atoms with Crippen LogP contribution in [0.5, 0.6) is 0 Å². The van der Waals surface area contributed by atoms with E-state index in [2.05, 4.69) is 28.5 Å². The van der Waals surface area contributed by atoms with Crippen LogP contribution < -0.4 is 0 Å². The first kappa shape index (κ1) is 12.6. The van der Waals surface area contributed by atoms with Crippen molar-refractivity contribution < 1.29 is 21.1 Å². The first-order chi connectivity index (χ1) is 12.7. The van der Waals surface area contributed by atoms with Crippen molar-refractivity contribution in [3.05, 3.63) is 12.2 Å². The van der Waals surface area contributed by atoms with Crippen molar-refractivity contribution in [3.63, 3.8) is 0 Å². The quantitative estimate of drug-likeness (QED) is 0.181. The summed E-state index contributed by atoms with van der Waals surface area (Å²) in [6.07, 6.45) is 14.2. The lowest BCUT2D eigenvalue weighted by Crippen LogP contribution is -2.09. The van der Waals surface area contributed by atoms with Gasteiger partial charge in [-0.25, -0.2) is 0 Å². The van der Waals surface area contributed by atoms with E-state index < -0.39 is 25.2 Å². The van der Waals surface area contributed by atoms with Gasteiger partial charge in [0.15, 0.2) is 0 Å². The molecule has 3 nitrogen and oxygen atoms in total. The first-order valence-electron chi connectivity index (χ1n) is 11.2. The van der Waals surface area contributed by atoms with E-state index in [1.807, 2.05) is 0 Å². The number of epoxide rings is 1. The molecule has 0 spiro atoms. The Morgan fingerprint density at radius 1 is 1.18 bits per heavy atom. The number of esters is 1. The third-order valence-electron chi connectivity index (χ3n) is 3.60. The van der Waals surface area contributed by atoms with Gasteiger partial charge in [0, 0.05) is 6.42 Å². The molecule has 1 heterocycles. The summed E-state index contributed by atoms with van der Waals surface area (Å²) in [7, 11) is 0. The summed E-state index contributed by atoms with van der Waals surface area (Å²) >= 11 is 0. The van der Waals surface area contributed by atoms with E-state index in [0.29, 0.717) is 6.42 Å². The molecule has 1 atom stereocenters. The average Bonchev–Trinajstić information content (AvgIpc) is 3.12. The van der Waals surface area contributed by atoms with Gasteiger partial charge in [0.2, 0.25) is 0 Å². The van der Waals surface area contributed by atoms with Crippen LogP contribution in [0.4, 0.5) is 0 Å². The molecular formula is C19H34O3. The molecule has 1 aliphatic rings. The Balaban J connectivity index is 1.99. The lowest BCUT2D eigenvalue weighted by molar-refractivity contribution is -0.144. The van der Waals surface area contributed by atoms with Crippen molar-refractivity contribution >= 4 is 5.97 Å². The van der Waals surface area contributed by atoms with Crippen LogP contribution in [0.2, 0.25) is 0 Å². The Morgan fingerprint density at radius 2 is 1.77 bits per heavy atom. The Morgan fingerprint density at radius 3 is 2.41 bits per heavy atom. The summed E-state index contributed by atoms with van der Waals surface area (Å²) in [5.74, 6) is -0.760. The molecule has 128 valence electrons. The maximum Gasteiger partial charge on any atom is 0.305 e. The van der Waals surface area contributed by atoms with E-state index in [0.717, 1.165) is 32.1 Å². The smallest absolute Gasteiger partial charge is 0.305 e. The maximum absolute atomic E-state index is 11.7. The highest BCUT2D eigenvalue weighted by Crippen LogP contribution is 2.11. The van der Waals surface area contributed by atoms with Gasteiger partial charge in [-0.1, -0.05) is 57.6 Å². The summed E-state index contributed by atoms with van der Waals surface area (Å²) in [5, 5.41) is 0. The molecular weight excluding hydrogens is 276 g/mol. The Labute approximate surface area is 143 Å². The fourth-order valence-electron chi connectivity index (χ4n) is 2.21. The molecule has 1 rings (SSSR count). The Kier molecular flexibility index (Phi) is 7.89. The standard InChI is InChI=1S/C19H34O3/c1-2-3-4-5-6-7-8-9-10-11-12-13-14-15-19(20)22-17-18-16-21-18/h7-8,18H,2-6,9-17H2,1H3/b8-7-/i16D2,17D2,18D. The average molecular weight is 316 g/mol. The summed E-state index contributed by atoms with van der Waals surface area (Å²) in [6, 6.07) is 0. The van der Waals surface area contributed by atoms with Gasteiger partial charge in [0.05, 0.1) is 13.4 Å². The number of allylic oxidation sites excluding steroid dienone is 2. The molecule has 1 saturated heterocycles. The van der Waals surface area contributed by atoms with Gasteiger partial charge >= 0.3 is 5.97 Å². The lowest BCUT2D eigenvalue weighted by Gasteiger charge is -2.02. The number of ether oxygens (including phenoxy) is 2. The summed E-state index contributed by atoms with van der Waals surface area (Å²) in [4.78, 5) is 11.7. The number of rotatable bonds is 15. The van der Waals surface area contributed by atoms with Crippen LogP contribution in [0.1, 0.15) is 90.8 Å². The van der Waals surface area contributed by atoms with Crippen molar-refractivity contribution in [3.8, 4) is 0 Å². The summed E-state index contributed by atoms with van der Waals surface area (Å²) < 4.78 is 46.2. The first-order valence-corrected chi connectivity index (χ1v) is 8.73. The SMILES string of the molecule is [2H]C([2H])(OC(=O)CCCCCCC/C=C\CCCCCC)C1([2H])OC1([2H])[2H]. The van der Waals surface area contributed by atoms with Gasteiger partial charge in [0.25, 0.3) is 0 Å². The van der Waals surface area contributed by atoms with E-state index in [4.69, 9.17) is 6.85 Å². The molecule has 0 saturated carbocycles. The molecule has 0 N–H and O–H groups in total. The number of hydrogen-bond donors (Lipinski definition) is 0. The minimum atomic E-state index is -2.80. The normalized spacial score (nSPS) is 26.7. The monoisotopic (exact) mass is 315 g/mol. The second-order valence-electron chi connectivity index (χ2n) is 5.74. The zero-order chi connectivity index (χ0) is 20.4. The molecule has 0 aromatic rings. The molecule has 0 aromatic carbocycles. The van der Waals surface area contributed by atoms with Crippen molar-refractivity contribution in [2.75, 3.05) is 13.1 Å². The van der Waals surface area contributed by atoms with E-state index in [1.54, 1.807) is 0 Å². The molecule has 1 unspecified atom stereocenters. The van der Waals surface area contributed by atoms with Gasteiger partial charge in [-0.05, 0) is 32.1 Å². The fraction of sp³-hybridized carbons (Fsp3) is 0.842. The number of carbonyl (C=O) groups excluding carboxylic acids is 1. The van der Waals surface area contributed by atoms with Gasteiger partial charge in [0.1, 0.15) is 12.6 Å². The third-order valence-corrected chi connectivity index (χ3v) is 3.60. The number of carbonyl (C=O) groups is 1. The summed E-state index contributed by atoms with van der Waals surface area (Å²) in [6.45, 7) is -3.01. The van der Waals surface area contributed by atoms with Crippen LogP contribution in [-0.4, -0.2) is 25.2 Å². The third kappa shape index (κ3) is 12.9. The molecule has 0 amide bonds. The van der Waals surface area contributed by atoms with Gasteiger partial charge in [-0.2, -0.15) is 0 Å². The second kappa shape index (κ2) is 13.8. The molecule has 3 heteroatoms. The van der Waals surface area contributed by atoms with Crippen LogP contribution in [0.15, 0.2) is 12.2 Å². The van der Waals surface area contributed by atoms with Crippen LogP contribution in [0, 0.1) is 0 Å². The van der Waals surface area contributed by atoms with Crippen LogP contribution in [0.3, 0.4) is 0 Å². The maximum atomic E-state index is 11.7. The van der Waals surface area contributed by atoms with Gasteiger partial charge in [-0.15, -0.1) is 0 Å². The Bertz CT molecular complexity index is 482. The zero-order valence-corrected chi connectivity index (χ0v) is 13.9. The van der Waals surface area contributed by atoms with Crippen LogP contribution >= 0.6 is 0 Å². The molecule has 0 bridgehead atoms. The molecule has 0 aliphatic carbocycles.